The maximum Gasteiger partial charge on any atom is 0.162 e. The highest BCUT2D eigenvalue weighted by atomic mass is 79.9. The molecule has 0 heterocycles. The Morgan fingerprint density at radius 1 is 1.00 bits per heavy atom. The standard InChI is InChI=1S/C16H14BrFO2/c17-14-5-1-13(2-6-14)10-20-11-16(19)9-12-3-7-15(18)8-4-12/h1-8H,9-11H2. The van der Waals surface area contributed by atoms with Crippen molar-refractivity contribution in [3.05, 3.63) is 69.9 Å². The van der Waals surface area contributed by atoms with Crippen molar-refractivity contribution >= 4 is 21.7 Å². The van der Waals surface area contributed by atoms with Gasteiger partial charge in [0.1, 0.15) is 12.4 Å². The van der Waals surface area contributed by atoms with Crippen LogP contribution in [0.15, 0.2) is 53.0 Å². The zero-order chi connectivity index (χ0) is 14.4. The minimum absolute atomic E-state index is 0.0197. The topological polar surface area (TPSA) is 26.3 Å². The predicted molar refractivity (Wildman–Crippen MR) is 78.9 cm³/mol. The summed E-state index contributed by atoms with van der Waals surface area (Å²) in [7, 11) is 0. The Morgan fingerprint density at radius 2 is 1.60 bits per heavy atom. The monoisotopic (exact) mass is 336 g/mol. The van der Waals surface area contributed by atoms with Crippen LogP contribution >= 0.6 is 15.9 Å². The zero-order valence-electron chi connectivity index (χ0n) is 10.8. The van der Waals surface area contributed by atoms with E-state index in [2.05, 4.69) is 15.9 Å². The summed E-state index contributed by atoms with van der Waals surface area (Å²) in [5, 5.41) is 0. The van der Waals surface area contributed by atoms with Crippen molar-refractivity contribution in [3.8, 4) is 0 Å². The van der Waals surface area contributed by atoms with E-state index in [0.717, 1.165) is 15.6 Å². The number of carbonyl (C=O) groups is 1. The summed E-state index contributed by atoms with van der Waals surface area (Å²) in [6, 6.07) is 13.7. The molecule has 0 aliphatic rings. The fraction of sp³-hybridized carbons (Fsp3) is 0.188. The molecule has 0 atom stereocenters. The molecular formula is C16H14BrFO2. The van der Waals surface area contributed by atoms with Crippen LogP contribution in [0, 0.1) is 5.82 Å². The van der Waals surface area contributed by atoms with Crippen molar-refractivity contribution in [1.29, 1.82) is 0 Å². The van der Waals surface area contributed by atoms with Crippen LogP contribution in [0.2, 0.25) is 0 Å². The van der Waals surface area contributed by atoms with Gasteiger partial charge in [-0.1, -0.05) is 40.2 Å². The fourth-order valence-electron chi connectivity index (χ4n) is 1.74. The highest BCUT2D eigenvalue weighted by Crippen LogP contribution is 2.11. The minimum Gasteiger partial charge on any atom is -0.369 e. The third-order valence-electron chi connectivity index (χ3n) is 2.76. The summed E-state index contributed by atoms with van der Waals surface area (Å²) < 4.78 is 19.1. The first kappa shape index (κ1) is 14.9. The number of ketones is 1. The van der Waals surface area contributed by atoms with Crippen LogP contribution in [-0.2, 0) is 22.6 Å². The van der Waals surface area contributed by atoms with Gasteiger partial charge in [0.25, 0.3) is 0 Å². The van der Waals surface area contributed by atoms with Crippen LogP contribution < -0.4 is 0 Å². The quantitative estimate of drug-likeness (QED) is 0.799. The van der Waals surface area contributed by atoms with E-state index in [9.17, 15) is 9.18 Å². The molecule has 104 valence electrons. The second kappa shape index (κ2) is 7.31. The molecule has 0 N–H and O–H groups in total. The lowest BCUT2D eigenvalue weighted by Gasteiger charge is -2.04. The van der Waals surface area contributed by atoms with Gasteiger partial charge >= 0.3 is 0 Å². The average molecular weight is 337 g/mol. The first-order valence-electron chi connectivity index (χ1n) is 6.22. The Balaban J connectivity index is 1.75. The van der Waals surface area contributed by atoms with Gasteiger partial charge in [-0.15, -0.1) is 0 Å². The van der Waals surface area contributed by atoms with Crippen molar-refractivity contribution in [2.45, 2.75) is 13.0 Å². The van der Waals surface area contributed by atoms with Gasteiger partial charge in [0.05, 0.1) is 6.61 Å². The van der Waals surface area contributed by atoms with Crippen molar-refractivity contribution in [1.82, 2.24) is 0 Å². The lowest BCUT2D eigenvalue weighted by molar-refractivity contribution is -0.123. The Labute approximate surface area is 125 Å². The number of Topliss-reactive ketones (excluding diaryl/α,β-unsaturated/α-hetero) is 1. The Bertz CT molecular complexity index is 564. The van der Waals surface area contributed by atoms with Crippen LogP contribution in [0.25, 0.3) is 0 Å². The second-order valence-corrected chi connectivity index (χ2v) is 5.38. The molecule has 0 bridgehead atoms. The number of halogens is 2. The zero-order valence-corrected chi connectivity index (χ0v) is 12.4. The number of hydrogen-bond donors (Lipinski definition) is 0. The molecule has 0 unspecified atom stereocenters. The molecule has 20 heavy (non-hydrogen) atoms. The molecule has 0 aliphatic carbocycles. The van der Waals surface area contributed by atoms with E-state index in [-0.39, 0.29) is 24.6 Å². The first-order chi connectivity index (χ1) is 9.63. The van der Waals surface area contributed by atoms with Gasteiger partial charge in [0, 0.05) is 10.9 Å². The van der Waals surface area contributed by atoms with Crippen LogP contribution in [0.5, 0.6) is 0 Å². The molecule has 0 spiro atoms. The molecule has 2 rings (SSSR count). The molecule has 0 radical (unpaired) electrons. The molecule has 0 amide bonds. The molecule has 0 saturated heterocycles. The van der Waals surface area contributed by atoms with E-state index in [1.165, 1.54) is 12.1 Å². The van der Waals surface area contributed by atoms with Crippen molar-refractivity contribution in [2.24, 2.45) is 0 Å². The lowest BCUT2D eigenvalue weighted by Crippen LogP contribution is -2.11. The van der Waals surface area contributed by atoms with Gasteiger partial charge in [-0.05, 0) is 35.4 Å². The number of rotatable bonds is 6. The number of benzene rings is 2. The van der Waals surface area contributed by atoms with E-state index in [0.29, 0.717) is 6.61 Å². The van der Waals surface area contributed by atoms with Gasteiger partial charge in [0.2, 0.25) is 0 Å². The van der Waals surface area contributed by atoms with Gasteiger partial charge in [-0.3, -0.25) is 4.79 Å². The van der Waals surface area contributed by atoms with Crippen molar-refractivity contribution < 1.29 is 13.9 Å². The van der Waals surface area contributed by atoms with Gasteiger partial charge in [-0.25, -0.2) is 4.39 Å². The highest BCUT2D eigenvalue weighted by Gasteiger charge is 2.04. The smallest absolute Gasteiger partial charge is 0.162 e. The Hall–Kier alpha value is -1.52. The maximum absolute atomic E-state index is 12.7. The largest absolute Gasteiger partial charge is 0.369 e. The molecule has 4 heteroatoms. The molecule has 2 aromatic rings. The van der Waals surface area contributed by atoms with Crippen LogP contribution in [0.3, 0.4) is 0 Å². The van der Waals surface area contributed by atoms with Gasteiger partial charge in [-0.2, -0.15) is 0 Å². The Morgan fingerprint density at radius 3 is 2.25 bits per heavy atom. The molecule has 0 fully saturated rings. The molecule has 0 aromatic heterocycles. The number of hydrogen-bond acceptors (Lipinski definition) is 2. The summed E-state index contributed by atoms with van der Waals surface area (Å²) in [6.07, 6.45) is 0.265. The van der Waals surface area contributed by atoms with E-state index in [4.69, 9.17) is 4.74 Å². The number of carbonyl (C=O) groups excluding carboxylic acids is 1. The SMILES string of the molecule is O=C(COCc1ccc(Br)cc1)Cc1ccc(F)cc1. The third-order valence-corrected chi connectivity index (χ3v) is 3.29. The van der Waals surface area contributed by atoms with Crippen LogP contribution in [0.4, 0.5) is 4.39 Å². The minimum atomic E-state index is -0.298. The summed E-state index contributed by atoms with van der Waals surface area (Å²) in [5.74, 6) is -0.318. The summed E-state index contributed by atoms with van der Waals surface area (Å²) in [4.78, 5) is 11.7. The lowest BCUT2D eigenvalue weighted by atomic mass is 10.1. The maximum atomic E-state index is 12.7. The highest BCUT2D eigenvalue weighted by molar-refractivity contribution is 9.10. The van der Waals surface area contributed by atoms with E-state index in [1.54, 1.807) is 12.1 Å². The molecular weight excluding hydrogens is 323 g/mol. The molecule has 0 aliphatic heterocycles. The fourth-order valence-corrected chi connectivity index (χ4v) is 2.01. The van der Waals surface area contributed by atoms with Crippen molar-refractivity contribution in [2.75, 3.05) is 6.61 Å². The summed E-state index contributed by atoms with van der Waals surface area (Å²) in [5.41, 5.74) is 1.81. The normalized spacial score (nSPS) is 10.5. The third kappa shape index (κ3) is 4.87. The van der Waals surface area contributed by atoms with Crippen molar-refractivity contribution in [3.63, 3.8) is 0 Å². The molecule has 0 saturated carbocycles. The van der Waals surface area contributed by atoms with Crippen LogP contribution in [0.1, 0.15) is 11.1 Å². The number of ether oxygens (including phenoxy) is 1. The second-order valence-electron chi connectivity index (χ2n) is 4.46. The van der Waals surface area contributed by atoms with Crippen LogP contribution in [-0.4, -0.2) is 12.4 Å². The van der Waals surface area contributed by atoms with Gasteiger partial charge in [0.15, 0.2) is 5.78 Å². The molecule has 2 aromatic carbocycles. The first-order valence-corrected chi connectivity index (χ1v) is 7.01. The average Bonchev–Trinajstić information content (AvgIpc) is 2.44. The van der Waals surface area contributed by atoms with E-state index >= 15 is 0 Å². The summed E-state index contributed by atoms with van der Waals surface area (Å²) in [6.45, 7) is 0.468. The Kier molecular flexibility index (Phi) is 5.44. The van der Waals surface area contributed by atoms with E-state index in [1.807, 2.05) is 24.3 Å². The van der Waals surface area contributed by atoms with Gasteiger partial charge < -0.3 is 4.74 Å². The van der Waals surface area contributed by atoms with E-state index < -0.39 is 0 Å². The summed E-state index contributed by atoms with van der Waals surface area (Å²) >= 11 is 3.36. The molecule has 2 nitrogen and oxygen atoms in total. The predicted octanol–water partition coefficient (Wildman–Crippen LogP) is 3.92.